The van der Waals surface area contributed by atoms with Crippen molar-refractivity contribution < 1.29 is 19.1 Å². The number of ether oxygens (including phenoxy) is 1. The monoisotopic (exact) mass is 414 g/mol. The molecular formula is C20H22N4O4S. The van der Waals surface area contributed by atoms with Crippen LogP contribution in [0.15, 0.2) is 48.8 Å². The van der Waals surface area contributed by atoms with E-state index in [0.29, 0.717) is 25.4 Å². The standard InChI is InChI=1S/C20H22N4O4S/c1-28-10-9-23(12-16-3-2-8-21-11-16)19(26)22-17-6-4-15(5-7-17)13-24-18(25)14-29-20(24)27/h2-8,11H,9-10,12-14H2,1H3,(H,22,26). The number of hydrogen-bond acceptors (Lipinski definition) is 6. The third kappa shape index (κ3) is 5.78. The Morgan fingerprint density at radius 1 is 1.24 bits per heavy atom. The Kier molecular flexibility index (Phi) is 7.20. The third-order valence-corrected chi connectivity index (χ3v) is 5.19. The predicted octanol–water partition coefficient (Wildman–Crippen LogP) is 2.96. The van der Waals surface area contributed by atoms with E-state index in [2.05, 4.69) is 10.3 Å². The number of nitrogens with one attached hydrogen (secondary N) is 1. The SMILES string of the molecule is COCCN(Cc1cccnc1)C(=O)Nc1ccc(CN2C(=O)CSC2=O)cc1. The fourth-order valence-corrected chi connectivity index (χ4v) is 3.50. The zero-order valence-electron chi connectivity index (χ0n) is 16.0. The van der Waals surface area contributed by atoms with E-state index in [9.17, 15) is 14.4 Å². The molecule has 9 heteroatoms. The molecule has 152 valence electrons. The van der Waals surface area contributed by atoms with Crippen LogP contribution in [0.1, 0.15) is 11.1 Å². The number of anilines is 1. The second-order valence-electron chi connectivity index (χ2n) is 6.44. The summed E-state index contributed by atoms with van der Waals surface area (Å²) in [5, 5.41) is 2.64. The molecule has 1 aliphatic heterocycles. The molecule has 1 aromatic heterocycles. The quantitative estimate of drug-likeness (QED) is 0.714. The zero-order chi connectivity index (χ0) is 20.6. The topological polar surface area (TPSA) is 91.8 Å². The third-order valence-electron chi connectivity index (χ3n) is 4.34. The van der Waals surface area contributed by atoms with E-state index in [1.807, 2.05) is 12.1 Å². The molecule has 3 rings (SSSR count). The molecule has 4 amide bonds. The van der Waals surface area contributed by atoms with Gasteiger partial charge in [0.1, 0.15) is 0 Å². The second-order valence-corrected chi connectivity index (χ2v) is 7.36. The van der Waals surface area contributed by atoms with Crippen LogP contribution in [-0.4, -0.2) is 58.0 Å². The van der Waals surface area contributed by atoms with Crippen molar-refractivity contribution >= 4 is 34.6 Å². The summed E-state index contributed by atoms with van der Waals surface area (Å²) in [6.45, 7) is 1.51. The summed E-state index contributed by atoms with van der Waals surface area (Å²) in [6, 6.07) is 10.6. The van der Waals surface area contributed by atoms with Gasteiger partial charge in [0.05, 0.1) is 18.9 Å². The minimum Gasteiger partial charge on any atom is -0.383 e. The van der Waals surface area contributed by atoms with E-state index in [-0.39, 0.29) is 29.5 Å². The van der Waals surface area contributed by atoms with Crippen LogP contribution in [0, 0.1) is 0 Å². The molecule has 2 aromatic rings. The van der Waals surface area contributed by atoms with Crippen molar-refractivity contribution in [1.29, 1.82) is 0 Å². The zero-order valence-corrected chi connectivity index (χ0v) is 16.9. The van der Waals surface area contributed by atoms with Crippen LogP contribution in [0.2, 0.25) is 0 Å². The Labute approximate surface area is 173 Å². The number of imide groups is 1. The molecule has 0 atom stereocenters. The van der Waals surface area contributed by atoms with Gasteiger partial charge >= 0.3 is 6.03 Å². The van der Waals surface area contributed by atoms with E-state index < -0.39 is 0 Å². The Balaban J connectivity index is 1.61. The summed E-state index contributed by atoms with van der Waals surface area (Å²) in [4.78, 5) is 43.1. The maximum absolute atomic E-state index is 12.7. The smallest absolute Gasteiger partial charge is 0.322 e. The van der Waals surface area contributed by atoms with Crippen molar-refractivity contribution in [2.45, 2.75) is 13.1 Å². The first kappa shape index (κ1) is 20.8. The predicted molar refractivity (Wildman–Crippen MR) is 110 cm³/mol. The molecule has 0 saturated carbocycles. The number of aromatic nitrogens is 1. The minimum absolute atomic E-state index is 0.179. The molecule has 8 nitrogen and oxygen atoms in total. The number of carbonyl (C=O) groups is 3. The fraction of sp³-hybridized carbons (Fsp3) is 0.300. The minimum atomic E-state index is -0.250. The van der Waals surface area contributed by atoms with Crippen molar-refractivity contribution in [2.75, 3.05) is 31.3 Å². The van der Waals surface area contributed by atoms with Gasteiger partial charge in [-0.3, -0.25) is 19.5 Å². The molecule has 0 aliphatic carbocycles. The van der Waals surface area contributed by atoms with E-state index in [0.717, 1.165) is 22.9 Å². The van der Waals surface area contributed by atoms with Crippen LogP contribution in [0.4, 0.5) is 15.3 Å². The molecule has 1 saturated heterocycles. The molecule has 0 spiro atoms. The van der Waals surface area contributed by atoms with Crippen molar-refractivity contribution in [3.8, 4) is 0 Å². The number of carbonyl (C=O) groups excluding carboxylic acids is 3. The molecule has 1 N–H and O–H groups in total. The van der Waals surface area contributed by atoms with Crippen LogP contribution < -0.4 is 5.32 Å². The van der Waals surface area contributed by atoms with Gasteiger partial charge in [-0.25, -0.2) is 4.79 Å². The number of amides is 4. The van der Waals surface area contributed by atoms with Gasteiger partial charge < -0.3 is 15.0 Å². The summed E-state index contributed by atoms with van der Waals surface area (Å²) in [5.74, 6) is 0.0165. The number of methoxy groups -OCH3 is 1. The van der Waals surface area contributed by atoms with E-state index >= 15 is 0 Å². The average molecular weight is 414 g/mol. The van der Waals surface area contributed by atoms with Gasteiger partial charge in [-0.05, 0) is 29.3 Å². The van der Waals surface area contributed by atoms with Crippen molar-refractivity contribution in [2.24, 2.45) is 0 Å². The number of urea groups is 1. The first-order chi connectivity index (χ1) is 14.1. The number of hydrogen-bond donors (Lipinski definition) is 1. The van der Waals surface area contributed by atoms with E-state index in [1.54, 1.807) is 48.7 Å². The maximum Gasteiger partial charge on any atom is 0.322 e. The molecule has 0 unspecified atom stereocenters. The average Bonchev–Trinajstić information content (AvgIpc) is 3.05. The fourth-order valence-electron chi connectivity index (χ4n) is 2.78. The number of pyridine rings is 1. The van der Waals surface area contributed by atoms with E-state index in [4.69, 9.17) is 4.74 Å². The number of nitrogens with zero attached hydrogens (tertiary/aromatic N) is 3. The summed E-state index contributed by atoms with van der Waals surface area (Å²) >= 11 is 1.01. The summed E-state index contributed by atoms with van der Waals surface area (Å²) in [6.07, 6.45) is 3.41. The normalized spacial score (nSPS) is 13.6. The number of benzene rings is 1. The summed E-state index contributed by atoms with van der Waals surface area (Å²) < 4.78 is 5.11. The van der Waals surface area contributed by atoms with Crippen LogP contribution in [0.25, 0.3) is 0 Å². The lowest BCUT2D eigenvalue weighted by molar-refractivity contribution is -0.125. The molecule has 2 heterocycles. The highest BCUT2D eigenvalue weighted by molar-refractivity contribution is 8.14. The molecule has 29 heavy (non-hydrogen) atoms. The van der Waals surface area contributed by atoms with Gasteiger partial charge in [-0.1, -0.05) is 30.0 Å². The van der Waals surface area contributed by atoms with Gasteiger partial charge in [0.15, 0.2) is 0 Å². The molecule has 0 bridgehead atoms. The lowest BCUT2D eigenvalue weighted by Crippen LogP contribution is -2.36. The first-order valence-electron chi connectivity index (χ1n) is 9.06. The highest BCUT2D eigenvalue weighted by Crippen LogP contribution is 2.22. The van der Waals surface area contributed by atoms with Crippen LogP contribution in [0.5, 0.6) is 0 Å². The summed E-state index contributed by atoms with van der Waals surface area (Å²) in [7, 11) is 1.59. The Morgan fingerprint density at radius 2 is 2.03 bits per heavy atom. The van der Waals surface area contributed by atoms with Gasteiger partial charge in [-0.2, -0.15) is 0 Å². The highest BCUT2D eigenvalue weighted by atomic mass is 32.2. The number of rotatable bonds is 8. The highest BCUT2D eigenvalue weighted by Gasteiger charge is 2.29. The van der Waals surface area contributed by atoms with Crippen LogP contribution >= 0.6 is 11.8 Å². The Hall–Kier alpha value is -2.91. The van der Waals surface area contributed by atoms with E-state index in [1.165, 1.54) is 4.90 Å². The summed E-state index contributed by atoms with van der Waals surface area (Å²) in [5.41, 5.74) is 2.37. The maximum atomic E-state index is 12.7. The van der Waals surface area contributed by atoms with Gasteiger partial charge in [0.25, 0.3) is 5.24 Å². The van der Waals surface area contributed by atoms with Crippen molar-refractivity contribution in [1.82, 2.24) is 14.8 Å². The molecular weight excluding hydrogens is 392 g/mol. The van der Waals surface area contributed by atoms with Crippen LogP contribution in [-0.2, 0) is 22.6 Å². The van der Waals surface area contributed by atoms with Gasteiger partial charge in [0.2, 0.25) is 5.91 Å². The number of thioether (sulfide) groups is 1. The lowest BCUT2D eigenvalue weighted by atomic mass is 10.2. The van der Waals surface area contributed by atoms with Crippen molar-refractivity contribution in [3.63, 3.8) is 0 Å². The molecule has 0 radical (unpaired) electrons. The molecule has 1 fully saturated rings. The molecule has 1 aromatic carbocycles. The van der Waals surface area contributed by atoms with Crippen molar-refractivity contribution in [3.05, 3.63) is 59.9 Å². The van der Waals surface area contributed by atoms with Crippen LogP contribution in [0.3, 0.4) is 0 Å². The lowest BCUT2D eigenvalue weighted by Gasteiger charge is -2.23. The first-order valence-corrected chi connectivity index (χ1v) is 10.0. The van der Waals surface area contributed by atoms with Gasteiger partial charge in [-0.15, -0.1) is 0 Å². The molecule has 1 aliphatic rings. The van der Waals surface area contributed by atoms with Gasteiger partial charge in [0, 0.05) is 38.3 Å². The Morgan fingerprint density at radius 3 is 2.66 bits per heavy atom. The Bertz CT molecular complexity index is 845. The largest absolute Gasteiger partial charge is 0.383 e. The second kappa shape index (κ2) is 10.0.